The van der Waals surface area contributed by atoms with Crippen LogP contribution in [0, 0.1) is 0 Å². The summed E-state index contributed by atoms with van der Waals surface area (Å²) in [7, 11) is 0. The van der Waals surface area contributed by atoms with Crippen molar-refractivity contribution in [3.8, 4) is 0 Å². The van der Waals surface area contributed by atoms with E-state index in [-0.39, 0.29) is 31.7 Å². The highest BCUT2D eigenvalue weighted by Gasteiger charge is 2.34. The van der Waals surface area contributed by atoms with Gasteiger partial charge in [-0.25, -0.2) is 23.5 Å². The molecular weight excluding hydrogens is 390 g/mol. The first-order valence-corrected chi connectivity index (χ1v) is 9.07. The Hall–Kier alpha value is -2.94. The molecule has 28 heavy (non-hydrogen) atoms. The Morgan fingerprint density at radius 2 is 1.96 bits per heavy atom. The molecular formula is C18H17ClF2N6O. The topological polar surface area (TPSA) is 85.9 Å². The molecule has 0 atom stereocenters. The van der Waals surface area contributed by atoms with E-state index in [1.54, 1.807) is 23.2 Å². The molecule has 0 unspecified atom stereocenters. The van der Waals surface area contributed by atoms with Crippen LogP contribution >= 0.6 is 11.6 Å². The molecule has 0 bridgehead atoms. The first kappa shape index (κ1) is 18.4. The van der Waals surface area contributed by atoms with E-state index in [2.05, 4.69) is 25.6 Å². The maximum Gasteiger partial charge on any atom is 0.324 e. The Morgan fingerprint density at radius 1 is 1.18 bits per heavy atom. The Balaban J connectivity index is 1.39. The van der Waals surface area contributed by atoms with E-state index in [0.717, 1.165) is 10.9 Å². The van der Waals surface area contributed by atoms with E-state index in [1.807, 2.05) is 6.07 Å². The van der Waals surface area contributed by atoms with Crippen LogP contribution in [0.1, 0.15) is 12.8 Å². The van der Waals surface area contributed by atoms with Crippen LogP contribution in [-0.2, 0) is 0 Å². The molecule has 2 aromatic heterocycles. The summed E-state index contributed by atoms with van der Waals surface area (Å²) in [6, 6.07) is 4.84. The predicted octanol–water partition coefficient (Wildman–Crippen LogP) is 4.49. The molecule has 0 saturated carbocycles. The predicted molar refractivity (Wildman–Crippen MR) is 104 cm³/mol. The number of rotatable bonds is 3. The first-order valence-electron chi connectivity index (χ1n) is 8.69. The zero-order chi connectivity index (χ0) is 19.7. The summed E-state index contributed by atoms with van der Waals surface area (Å²) in [5, 5.41) is 6.67. The second kappa shape index (κ2) is 7.23. The van der Waals surface area contributed by atoms with Crippen molar-refractivity contribution in [3.63, 3.8) is 0 Å². The van der Waals surface area contributed by atoms with Crippen LogP contribution in [0.4, 0.5) is 30.9 Å². The van der Waals surface area contributed by atoms with Crippen molar-refractivity contribution in [2.45, 2.75) is 18.8 Å². The Bertz CT molecular complexity index is 997. The molecule has 0 radical (unpaired) electrons. The third-order valence-corrected chi connectivity index (χ3v) is 4.83. The number of piperidine rings is 1. The number of H-pyrrole nitrogens is 1. The number of urea groups is 1. The summed E-state index contributed by atoms with van der Waals surface area (Å²) >= 11 is 6.00. The van der Waals surface area contributed by atoms with E-state index < -0.39 is 12.0 Å². The number of halogens is 3. The van der Waals surface area contributed by atoms with Gasteiger partial charge in [-0.3, -0.25) is 5.32 Å². The average Bonchev–Trinajstić information content (AvgIpc) is 3.04. The lowest BCUT2D eigenvalue weighted by atomic mass is 10.1. The summed E-state index contributed by atoms with van der Waals surface area (Å²) in [6.45, 7) is 0.441. The number of aromatic amines is 1. The minimum atomic E-state index is -2.61. The molecule has 1 saturated heterocycles. The van der Waals surface area contributed by atoms with E-state index >= 15 is 0 Å². The number of carbonyl (C=O) groups excluding carboxylic acids is 1. The zero-order valence-corrected chi connectivity index (χ0v) is 15.4. The van der Waals surface area contributed by atoms with Gasteiger partial charge >= 0.3 is 6.03 Å². The van der Waals surface area contributed by atoms with Crippen molar-refractivity contribution >= 4 is 45.9 Å². The van der Waals surface area contributed by atoms with Crippen molar-refractivity contribution in [2.24, 2.45) is 0 Å². The average molecular weight is 407 g/mol. The van der Waals surface area contributed by atoms with Gasteiger partial charge < -0.3 is 15.2 Å². The number of nitrogens with zero attached hydrogens (tertiary/aromatic N) is 3. The van der Waals surface area contributed by atoms with Crippen LogP contribution in [0.5, 0.6) is 0 Å². The lowest BCUT2D eigenvalue weighted by Crippen LogP contribution is -2.39. The molecule has 0 spiro atoms. The highest BCUT2D eigenvalue weighted by molar-refractivity contribution is 6.31. The lowest BCUT2D eigenvalue weighted by Gasteiger charge is -2.32. The summed E-state index contributed by atoms with van der Waals surface area (Å²) in [5.74, 6) is -1.86. The van der Waals surface area contributed by atoms with Gasteiger partial charge in [0.25, 0.3) is 5.92 Å². The van der Waals surface area contributed by atoms with E-state index in [1.165, 1.54) is 12.4 Å². The maximum absolute atomic E-state index is 13.2. The standard InChI is InChI=1S/C18H17ClF2N6O/c19-11-1-2-13-12(7-11)14(8-22-13)25-17(28)26-15-9-24-16(10-23-15)27-5-3-18(20,21)4-6-27/h1-2,7-10,22H,3-6H2,(H2,23,25,26,28). The number of amides is 2. The van der Waals surface area contributed by atoms with Crippen LogP contribution in [0.15, 0.2) is 36.8 Å². The molecule has 1 aliphatic rings. The van der Waals surface area contributed by atoms with Crippen LogP contribution in [0.25, 0.3) is 10.9 Å². The number of carbonyl (C=O) groups is 1. The minimum absolute atomic E-state index is 0.203. The molecule has 1 fully saturated rings. The van der Waals surface area contributed by atoms with Gasteiger partial charge in [-0.1, -0.05) is 11.6 Å². The summed E-state index contributed by atoms with van der Waals surface area (Å²) in [5.41, 5.74) is 1.42. The number of fused-ring (bicyclic) bond motifs is 1. The number of aromatic nitrogens is 3. The van der Waals surface area contributed by atoms with Gasteiger partial charge in [-0.05, 0) is 18.2 Å². The Labute approximate surface area is 164 Å². The van der Waals surface area contributed by atoms with Crippen molar-refractivity contribution < 1.29 is 13.6 Å². The SMILES string of the molecule is O=C(Nc1cnc(N2CCC(F)(F)CC2)cn1)Nc1c[nH]c2ccc(Cl)cc12. The third kappa shape index (κ3) is 3.99. The number of alkyl halides is 2. The van der Waals surface area contributed by atoms with E-state index in [0.29, 0.717) is 16.5 Å². The van der Waals surface area contributed by atoms with E-state index in [4.69, 9.17) is 11.6 Å². The molecule has 0 aliphatic carbocycles. The highest BCUT2D eigenvalue weighted by atomic mass is 35.5. The smallest absolute Gasteiger partial charge is 0.324 e. The maximum atomic E-state index is 13.2. The molecule has 10 heteroatoms. The molecule has 3 heterocycles. The van der Waals surface area contributed by atoms with Gasteiger partial charge in [0.15, 0.2) is 5.82 Å². The summed E-state index contributed by atoms with van der Waals surface area (Å²) in [6.07, 6.45) is 4.12. The van der Waals surface area contributed by atoms with E-state index in [9.17, 15) is 13.6 Å². The molecule has 1 aromatic carbocycles. The fourth-order valence-electron chi connectivity index (χ4n) is 3.08. The quantitative estimate of drug-likeness (QED) is 0.598. The van der Waals surface area contributed by atoms with Gasteiger partial charge in [0.1, 0.15) is 5.82 Å². The normalized spacial score (nSPS) is 16.2. The Morgan fingerprint density at radius 3 is 2.68 bits per heavy atom. The monoisotopic (exact) mass is 406 g/mol. The third-order valence-electron chi connectivity index (χ3n) is 4.59. The molecule has 3 aromatic rings. The fourth-order valence-corrected chi connectivity index (χ4v) is 3.25. The van der Waals surface area contributed by atoms with Crippen LogP contribution in [-0.4, -0.2) is 40.0 Å². The lowest BCUT2D eigenvalue weighted by molar-refractivity contribution is -0.0221. The first-order chi connectivity index (χ1) is 13.4. The molecule has 3 N–H and O–H groups in total. The number of benzene rings is 1. The minimum Gasteiger partial charge on any atom is -0.359 e. The van der Waals surface area contributed by atoms with Crippen LogP contribution < -0.4 is 15.5 Å². The molecule has 2 amide bonds. The molecule has 7 nitrogen and oxygen atoms in total. The number of hydrogen-bond donors (Lipinski definition) is 3. The molecule has 4 rings (SSSR count). The molecule has 146 valence electrons. The number of hydrogen-bond acceptors (Lipinski definition) is 4. The highest BCUT2D eigenvalue weighted by Crippen LogP contribution is 2.29. The largest absolute Gasteiger partial charge is 0.359 e. The summed E-state index contributed by atoms with van der Waals surface area (Å²) < 4.78 is 26.5. The van der Waals surface area contributed by atoms with Crippen molar-refractivity contribution in [1.82, 2.24) is 15.0 Å². The van der Waals surface area contributed by atoms with Gasteiger partial charge in [0, 0.05) is 48.1 Å². The van der Waals surface area contributed by atoms with Crippen LogP contribution in [0.2, 0.25) is 5.02 Å². The van der Waals surface area contributed by atoms with Gasteiger partial charge in [-0.2, -0.15) is 0 Å². The molecule has 1 aliphatic heterocycles. The van der Waals surface area contributed by atoms with Crippen LogP contribution in [0.3, 0.4) is 0 Å². The number of anilines is 3. The van der Waals surface area contributed by atoms with Crippen molar-refractivity contribution in [3.05, 3.63) is 41.8 Å². The number of nitrogens with one attached hydrogen (secondary N) is 3. The van der Waals surface area contributed by atoms with Gasteiger partial charge in [0.05, 0.1) is 18.1 Å². The van der Waals surface area contributed by atoms with Gasteiger partial charge in [0.2, 0.25) is 0 Å². The van der Waals surface area contributed by atoms with Crippen molar-refractivity contribution in [1.29, 1.82) is 0 Å². The van der Waals surface area contributed by atoms with Crippen molar-refractivity contribution in [2.75, 3.05) is 28.6 Å². The Kier molecular flexibility index (Phi) is 4.76. The fraction of sp³-hybridized carbons (Fsp3) is 0.278. The second-order valence-electron chi connectivity index (χ2n) is 6.57. The summed E-state index contributed by atoms with van der Waals surface area (Å²) in [4.78, 5) is 25.4. The zero-order valence-electron chi connectivity index (χ0n) is 14.7. The second-order valence-corrected chi connectivity index (χ2v) is 7.01. The van der Waals surface area contributed by atoms with Gasteiger partial charge in [-0.15, -0.1) is 0 Å².